The fourth-order valence-corrected chi connectivity index (χ4v) is 3.11. The van der Waals surface area contributed by atoms with E-state index in [4.69, 9.17) is 0 Å². The standard InChI is InChI=1S/C17H30N6O/c1-6-23-9-7-17(8-10-23,22(4)5)13-19-15-12-18-11-14(20-15)16(24)21(2)3/h11-12H,6-10,13H2,1-5H3,(H,19,20). The zero-order valence-corrected chi connectivity index (χ0v) is 15.5. The molecule has 0 radical (unpaired) electrons. The van der Waals surface area contributed by atoms with Gasteiger partial charge in [-0.3, -0.25) is 9.78 Å². The smallest absolute Gasteiger partial charge is 0.273 e. The molecule has 2 rings (SSSR count). The van der Waals surface area contributed by atoms with Crippen LogP contribution in [-0.4, -0.2) is 90.5 Å². The van der Waals surface area contributed by atoms with Gasteiger partial charge in [-0.1, -0.05) is 6.92 Å². The number of nitrogens with zero attached hydrogens (tertiary/aromatic N) is 5. The van der Waals surface area contributed by atoms with Gasteiger partial charge in [0, 0.05) is 26.2 Å². The lowest BCUT2D eigenvalue weighted by atomic mass is 9.86. The number of carbonyl (C=O) groups excluding carboxylic acids is 1. The molecule has 1 aliphatic rings. The number of nitrogens with one attached hydrogen (secondary N) is 1. The van der Waals surface area contributed by atoms with E-state index in [0.29, 0.717) is 11.5 Å². The van der Waals surface area contributed by atoms with Crippen molar-refractivity contribution in [1.29, 1.82) is 0 Å². The van der Waals surface area contributed by atoms with Crippen LogP contribution in [0.5, 0.6) is 0 Å². The van der Waals surface area contributed by atoms with Gasteiger partial charge in [0.25, 0.3) is 5.91 Å². The Kier molecular flexibility index (Phi) is 6.12. The molecule has 1 aromatic rings. The number of piperidine rings is 1. The Morgan fingerprint density at radius 2 is 1.92 bits per heavy atom. The zero-order valence-electron chi connectivity index (χ0n) is 15.5. The van der Waals surface area contributed by atoms with Crippen molar-refractivity contribution in [2.24, 2.45) is 0 Å². The maximum absolute atomic E-state index is 12.0. The van der Waals surface area contributed by atoms with Crippen LogP contribution in [0, 0.1) is 0 Å². The van der Waals surface area contributed by atoms with Gasteiger partial charge in [-0.15, -0.1) is 0 Å². The van der Waals surface area contributed by atoms with Crippen molar-refractivity contribution in [3.8, 4) is 0 Å². The van der Waals surface area contributed by atoms with Gasteiger partial charge in [0.05, 0.1) is 12.4 Å². The Morgan fingerprint density at radius 3 is 2.46 bits per heavy atom. The fourth-order valence-electron chi connectivity index (χ4n) is 3.11. The Balaban J connectivity index is 2.05. The van der Waals surface area contributed by atoms with Crippen molar-refractivity contribution in [2.75, 3.05) is 59.7 Å². The van der Waals surface area contributed by atoms with Crippen molar-refractivity contribution < 1.29 is 4.79 Å². The monoisotopic (exact) mass is 334 g/mol. The first kappa shape index (κ1) is 18.6. The topological polar surface area (TPSA) is 64.6 Å². The summed E-state index contributed by atoms with van der Waals surface area (Å²) in [5, 5.41) is 3.40. The van der Waals surface area contributed by atoms with Crippen LogP contribution in [0.3, 0.4) is 0 Å². The van der Waals surface area contributed by atoms with Crippen LogP contribution in [0.1, 0.15) is 30.3 Å². The second kappa shape index (κ2) is 7.90. The largest absolute Gasteiger partial charge is 0.367 e. The Bertz CT molecular complexity index is 552. The Hall–Kier alpha value is -1.73. The summed E-state index contributed by atoms with van der Waals surface area (Å²) in [6.45, 7) is 6.34. The molecule has 1 aliphatic heterocycles. The third-order valence-electron chi connectivity index (χ3n) is 5.04. The van der Waals surface area contributed by atoms with E-state index >= 15 is 0 Å². The lowest BCUT2D eigenvalue weighted by molar-refractivity contribution is 0.0686. The number of rotatable bonds is 6. The van der Waals surface area contributed by atoms with Crippen molar-refractivity contribution >= 4 is 11.7 Å². The Morgan fingerprint density at radius 1 is 1.25 bits per heavy atom. The van der Waals surface area contributed by atoms with Crippen LogP contribution in [0.15, 0.2) is 12.4 Å². The summed E-state index contributed by atoms with van der Waals surface area (Å²) in [6, 6.07) is 0. The fraction of sp³-hybridized carbons (Fsp3) is 0.706. The first-order valence-electron chi connectivity index (χ1n) is 8.55. The second-order valence-corrected chi connectivity index (χ2v) is 6.90. The lowest BCUT2D eigenvalue weighted by Gasteiger charge is -2.46. The van der Waals surface area contributed by atoms with Crippen LogP contribution < -0.4 is 5.32 Å². The number of anilines is 1. The molecule has 0 aromatic carbocycles. The molecular formula is C17H30N6O. The molecule has 0 unspecified atom stereocenters. The molecule has 1 saturated heterocycles. The maximum Gasteiger partial charge on any atom is 0.273 e. The molecular weight excluding hydrogens is 304 g/mol. The van der Waals surface area contributed by atoms with Crippen molar-refractivity contribution in [2.45, 2.75) is 25.3 Å². The lowest BCUT2D eigenvalue weighted by Crippen LogP contribution is -2.56. The van der Waals surface area contributed by atoms with E-state index in [-0.39, 0.29) is 11.4 Å². The molecule has 1 amide bonds. The van der Waals surface area contributed by atoms with E-state index in [1.807, 2.05) is 0 Å². The van der Waals surface area contributed by atoms with Gasteiger partial charge in [0.1, 0.15) is 11.5 Å². The molecule has 1 fully saturated rings. The van der Waals surface area contributed by atoms with Gasteiger partial charge in [-0.2, -0.15) is 0 Å². The molecule has 1 N–H and O–H groups in total. The predicted octanol–water partition coefficient (Wildman–Crippen LogP) is 1.01. The number of carbonyl (C=O) groups is 1. The SMILES string of the molecule is CCN1CCC(CNc2cncc(C(=O)N(C)C)n2)(N(C)C)CC1. The molecule has 0 aliphatic carbocycles. The summed E-state index contributed by atoms with van der Waals surface area (Å²) < 4.78 is 0. The average molecular weight is 334 g/mol. The van der Waals surface area contributed by atoms with E-state index < -0.39 is 0 Å². The highest BCUT2D eigenvalue weighted by Gasteiger charge is 2.36. The van der Waals surface area contributed by atoms with Crippen molar-refractivity contribution in [1.82, 2.24) is 24.7 Å². The summed E-state index contributed by atoms with van der Waals surface area (Å²) in [5.74, 6) is 0.520. The van der Waals surface area contributed by atoms with E-state index in [0.717, 1.165) is 39.0 Å². The predicted molar refractivity (Wildman–Crippen MR) is 96.3 cm³/mol. The number of amides is 1. The molecule has 0 bridgehead atoms. The second-order valence-electron chi connectivity index (χ2n) is 6.90. The Labute approximate surface area is 145 Å². The summed E-state index contributed by atoms with van der Waals surface area (Å²) in [4.78, 5) is 26.9. The first-order chi connectivity index (χ1) is 11.4. The average Bonchev–Trinajstić information content (AvgIpc) is 2.59. The first-order valence-corrected chi connectivity index (χ1v) is 8.55. The highest BCUT2D eigenvalue weighted by molar-refractivity contribution is 5.91. The number of hydrogen-bond donors (Lipinski definition) is 1. The minimum absolute atomic E-state index is 0.106. The van der Waals surface area contributed by atoms with Crippen LogP contribution in [0.2, 0.25) is 0 Å². The minimum atomic E-state index is -0.135. The van der Waals surface area contributed by atoms with Gasteiger partial charge in [-0.05, 0) is 46.6 Å². The summed E-state index contributed by atoms with van der Waals surface area (Å²) in [5.41, 5.74) is 0.472. The van der Waals surface area contributed by atoms with E-state index in [1.54, 1.807) is 20.3 Å². The van der Waals surface area contributed by atoms with E-state index in [2.05, 4.69) is 46.1 Å². The normalized spacial score (nSPS) is 17.8. The summed E-state index contributed by atoms with van der Waals surface area (Å²) >= 11 is 0. The molecule has 7 heteroatoms. The van der Waals surface area contributed by atoms with Gasteiger partial charge in [-0.25, -0.2) is 4.98 Å². The molecule has 0 atom stereocenters. The highest BCUT2D eigenvalue weighted by Crippen LogP contribution is 2.27. The van der Waals surface area contributed by atoms with Crippen molar-refractivity contribution in [3.05, 3.63) is 18.1 Å². The molecule has 0 spiro atoms. The van der Waals surface area contributed by atoms with Crippen LogP contribution in [0.25, 0.3) is 0 Å². The van der Waals surface area contributed by atoms with Gasteiger partial charge >= 0.3 is 0 Å². The zero-order chi connectivity index (χ0) is 17.7. The highest BCUT2D eigenvalue weighted by atomic mass is 16.2. The van der Waals surface area contributed by atoms with Gasteiger partial charge in [0.2, 0.25) is 0 Å². The van der Waals surface area contributed by atoms with Gasteiger partial charge in [0.15, 0.2) is 0 Å². The number of likely N-dealkylation sites (tertiary alicyclic amines) is 1. The van der Waals surface area contributed by atoms with E-state index in [1.165, 1.54) is 11.1 Å². The van der Waals surface area contributed by atoms with Crippen molar-refractivity contribution in [3.63, 3.8) is 0 Å². The van der Waals surface area contributed by atoms with Gasteiger partial charge < -0.3 is 20.0 Å². The maximum atomic E-state index is 12.0. The summed E-state index contributed by atoms with van der Waals surface area (Å²) in [6.07, 6.45) is 5.42. The third-order valence-corrected chi connectivity index (χ3v) is 5.04. The molecule has 0 saturated carbocycles. The summed E-state index contributed by atoms with van der Waals surface area (Å²) in [7, 11) is 7.71. The van der Waals surface area contributed by atoms with Crippen LogP contribution >= 0.6 is 0 Å². The molecule has 1 aromatic heterocycles. The van der Waals surface area contributed by atoms with E-state index in [9.17, 15) is 4.79 Å². The number of aromatic nitrogens is 2. The third kappa shape index (κ3) is 4.21. The molecule has 7 nitrogen and oxygen atoms in total. The van der Waals surface area contributed by atoms with Crippen LogP contribution in [-0.2, 0) is 0 Å². The van der Waals surface area contributed by atoms with Crippen LogP contribution in [0.4, 0.5) is 5.82 Å². The molecule has 2 heterocycles. The minimum Gasteiger partial charge on any atom is -0.367 e. The molecule has 24 heavy (non-hydrogen) atoms. The molecule has 134 valence electrons. The number of likely N-dealkylation sites (N-methyl/N-ethyl adjacent to an activating group) is 1. The quantitative estimate of drug-likeness (QED) is 0.837. The number of hydrogen-bond acceptors (Lipinski definition) is 6.